The number of guanidine groups is 1. The third-order valence-electron chi connectivity index (χ3n) is 3.67. The van der Waals surface area contributed by atoms with Crippen LogP contribution in [0, 0.1) is 11.7 Å². The number of hydrogen-bond acceptors (Lipinski definition) is 2. The maximum Gasteiger partial charge on any atom is 0.191 e. The number of aromatic nitrogens is 1. The van der Waals surface area contributed by atoms with Crippen molar-refractivity contribution in [2.24, 2.45) is 10.9 Å². The fraction of sp³-hybridized carbons (Fsp3) is 0.647. The highest BCUT2D eigenvalue weighted by Gasteiger charge is 2.07. The van der Waals surface area contributed by atoms with E-state index in [2.05, 4.69) is 34.5 Å². The molecule has 1 aromatic rings. The van der Waals surface area contributed by atoms with Gasteiger partial charge in [-0.15, -0.1) is 24.0 Å². The van der Waals surface area contributed by atoms with Crippen molar-refractivity contribution in [2.75, 3.05) is 13.1 Å². The molecule has 1 rings (SSSR count). The zero-order valence-corrected chi connectivity index (χ0v) is 16.8. The lowest BCUT2D eigenvalue weighted by molar-refractivity contribution is 0.443. The third-order valence-corrected chi connectivity index (χ3v) is 3.67. The predicted octanol–water partition coefficient (Wildman–Crippen LogP) is 4.11. The van der Waals surface area contributed by atoms with Crippen LogP contribution in [0.1, 0.15) is 52.1 Å². The molecule has 0 aliphatic carbocycles. The van der Waals surface area contributed by atoms with Crippen LogP contribution in [0.5, 0.6) is 0 Å². The van der Waals surface area contributed by atoms with Gasteiger partial charge in [0, 0.05) is 19.3 Å². The zero-order chi connectivity index (χ0) is 16.2. The van der Waals surface area contributed by atoms with Gasteiger partial charge in [0.05, 0.1) is 12.2 Å². The molecule has 2 N–H and O–H groups in total. The average Bonchev–Trinajstić information content (AvgIpc) is 2.54. The van der Waals surface area contributed by atoms with Crippen molar-refractivity contribution in [3.8, 4) is 0 Å². The molecule has 0 saturated heterocycles. The fourth-order valence-corrected chi connectivity index (χ4v) is 2.21. The molecule has 132 valence electrons. The van der Waals surface area contributed by atoms with E-state index in [0.29, 0.717) is 11.6 Å². The molecule has 0 aliphatic rings. The summed E-state index contributed by atoms with van der Waals surface area (Å²) in [6.07, 6.45) is 6.46. The summed E-state index contributed by atoms with van der Waals surface area (Å²) in [6, 6.07) is 3.00. The Balaban J connectivity index is 0.00000484. The molecule has 1 heterocycles. The van der Waals surface area contributed by atoms with Gasteiger partial charge in [-0.05, 0) is 31.4 Å². The number of unbranched alkanes of at least 4 members (excludes halogenated alkanes) is 1. The maximum atomic E-state index is 13.6. The van der Waals surface area contributed by atoms with E-state index in [-0.39, 0.29) is 36.3 Å². The van der Waals surface area contributed by atoms with Crippen molar-refractivity contribution < 1.29 is 4.39 Å². The summed E-state index contributed by atoms with van der Waals surface area (Å²) in [5.74, 6) is 1.06. The van der Waals surface area contributed by atoms with Crippen LogP contribution in [0.15, 0.2) is 23.3 Å². The zero-order valence-electron chi connectivity index (χ0n) is 14.4. The van der Waals surface area contributed by atoms with Crippen molar-refractivity contribution in [2.45, 2.75) is 53.0 Å². The first-order chi connectivity index (χ1) is 10.7. The van der Waals surface area contributed by atoms with Crippen LogP contribution < -0.4 is 10.6 Å². The highest BCUT2D eigenvalue weighted by molar-refractivity contribution is 14.0. The molecule has 6 heteroatoms. The van der Waals surface area contributed by atoms with E-state index in [1.165, 1.54) is 25.3 Å². The van der Waals surface area contributed by atoms with Crippen LogP contribution in [0.2, 0.25) is 0 Å². The standard InChI is InChI=1S/C17H29FN4.HI/c1-4-7-9-14(5-2)12-21-17(19-6-3)22-13-16-15(18)10-8-11-20-16;/h8,10-11,14H,4-7,9,12-13H2,1-3H3,(H2,19,21,22);1H. The van der Waals surface area contributed by atoms with E-state index < -0.39 is 0 Å². The van der Waals surface area contributed by atoms with Gasteiger partial charge in [-0.25, -0.2) is 9.38 Å². The smallest absolute Gasteiger partial charge is 0.191 e. The normalized spacial score (nSPS) is 12.4. The van der Waals surface area contributed by atoms with E-state index in [1.807, 2.05) is 6.92 Å². The van der Waals surface area contributed by atoms with Crippen LogP contribution in [-0.2, 0) is 6.54 Å². The summed E-state index contributed by atoms with van der Waals surface area (Å²) in [5.41, 5.74) is 0.373. The minimum Gasteiger partial charge on any atom is -0.357 e. The highest BCUT2D eigenvalue weighted by atomic mass is 127. The number of aliphatic imine (C=N–C) groups is 1. The average molecular weight is 436 g/mol. The van der Waals surface area contributed by atoms with Gasteiger partial charge in [0.15, 0.2) is 5.96 Å². The van der Waals surface area contributed by atoms with Crippen LogP contribution in [0.3, 0.4) is 0 Å². The Morgan fingerprint density at radius 3 is 2.70 bits per heavy atom. The summed E-state index contributed by atoms with van der Waals surface area (Å²) in [5, 5.41) is 6.56. The van der Waals surface area contributed by atoms with Gasteiger partial charge < -0.3 is 10.6 Å². The number of pyridine rings is 1. The lowest BCUT2D eigenvalue weighted by atomic mass is 9.99. The maximum absolute atomic E-state index is 13.6. The molecule has 0 bridgehead atoms. The second-order valence-electron chi connectivity index (χ2n) is 5.42. The first-order valence-electron chi connectivity index (χ1n) is 8.32. The van der Waals surface area contributed by atoms with Gasteiger partial charge in [0.25, 0.3) is 0 Å². The molecule has 0 saturated carbocycles. The highest BCUT2D eigenvalue weighted by Crippen LogP contribution is 2.11. The lowest BCUT2D eigenvalue weighted by Gasteiger charge is -2.17. The molecular weight excluding hydrogens is 406 g/mol. The molecule has 0 amide bonds. The van der Waals surface area contributed by atoms with Crippen molar-refractivity contribution in [1.29, 1.82) is 0 Å². The number of hydrogen-bond donors (Lipinski definition) is 2. The molecular formula is C17H30FIN4. The Kier molecular flexibility index (Phi) is 13.0. The SMILES string of the molecule is CCCCC(CC)CNC(=NCc1ncccc1F)NCC.I. The Labute approximate surface area is 156 Å². The van der Waals surface area contributed by atoms with Crippen molar-refractivity contribution in [3.05, 3.63) is 29.8 Å². The van der Waals surface area contributed by atoms with Gasteiger partial charge in [-0.3, -0.25) is 4.98 Å². The first-order valence-corrected chi connectivity index (χ1v) is 8.32. The van der Waals surface area contributed by atoms with E-state index in [0.717, 1.165) is 25.5 Å². The summed E-state index contributed by atoms with van der Waals surface area (Å²) >= 11 is 0. The predicted molar refractivity (Wildman–Crippen MR) is 106 cm³/mol. The Bertz CT molecular complexity index is 454. The largest absolute Gasteiger partial charge is 0.357 e. The molecule has 1 aromatic heterocycles. The molecule has 0 aliphatic heterocycles. The third kappa shape index (κ3) is 9.07. The van der Waals surface area contributed by atoms with Gasteiger partial charge in [-0.2, -0.15) is 0 Å². The number of halogens is 2. The van der Waals surface area contributed by atoms with Crippen molar-refractivity contribution in [1.82, 2.24) is 15.6 Å². The van der Waals surface area contributed by atoms with Crippen LogP contribution in [0.4, 0.5) is 4.39 Å². The summed E-state index contributed by atoms with van der Waals surface area (Å²) in [6.45, 7) is 8.37. The van der Waals surface area contributed by atoms with Crippen LogP contribution in [0.25, 0.3) is 0 Å². The lowest BCUT2D eigenvalue weighted by Crippen LogP contribution is -2.39. The number of nitrogens with zero attached hydrogens (tertiary/aromatic N) is 2. The fourth-order valence-electron chi connectivity index (χ4n) is 2.21. The van der Waals surface area contributed by atoms with E-state index in [9.17, 15) is 4.39 Å². The number of nitrogens with one attached hydrogen (secondary N) is 2. The van der Waals surface area contributed by atoms with E-state index >= 15 is 0 Å². The summed E-state index contributed by atoms with van der Waals surface area (Å²) in [4.78, 5) is 8.45. The molecule has 0 spiro atoms. The minimum atomic E-state index is -0.309. The second-order valence-corrected chi connectivity index (χ2v) is 5.42. The van der Waals surface area contributed by atoms with Crippen LogP contribution in [-0.4, -0.2) is 24.0 Å². The van der Waals surface area contributed by atoms with Crippen molar-refractivity contribution in [3.63, 3.8) is 0 Å². The molecule has 1 atom stereocenters. The van der Waals surface area contributed by atoms with Crippen LogP contribution >= 0.6 is 24.0 Å². The quantitative estimate of drug-likeness (QED) is 0.348. The molecule has 0 radical (unpaired) electrons. The molecule has 23 heavy (non-hydrogen) atoms. The van der Waals surface area contributed by atoms with Crippen molar-refractivity contribution >= 4 is 29.9 Å². The minimum absolute atomic E-state index is 0. The Hall–Kier alpha value is -0.920. The Morgan fingerprint density at radius 2 is 2.09 bits per heavy atom. The molecule has 4 nitrogen and oxygen atoms in total. The topological polar surface area (TPSA) is 49.3 Å². The number of rotatable bonds is 9. The molecule has 0 aromatic carbocycles. The second kappa shape index (κ2) is 13.5. The monoisotopic (exact) mass is 436 g/mol. The van der Waals surface area contributed by atoms with Gasteiger partial charge in [0.1, 0.15) is 5.82 Å². The van der Waals surface area contributed by atoms with Gasteiger partial charge in [-0.1, -0.05) is 33.1 Å². The summed E-state index contributed by atoms with van der Waals surface area (Å²) < 4.78 is 13.6. The van der Waals surface area contributed by atoms with E-state index in [4.69, 9.17) is 0 Å². The van der Waals surface area contributed by atoms with E-state index in [1.54, 1.807) is 12.3 Å². The summed E-state index contributed by atoms with van der Waals surface area (Å²) in [7, 11) is 0. The van der Waals surface area contributed by atoms with Gasteiger partial charge >= 0.3 is 0 Å². The first kappa shape index (κ1) is 22.1. The molecule has 1 unspecified atom stereocenters. The molecule has 0 fully saturated rings. The Morgan fingerprint density at radius 1 is 1.30 bits per heavy atom. The van der Waals surface area contributed by atoms with Gasteiger partial charge in [0.2, 0.25) is 0 Å².